The predicted octanol–water partition coefficient (Wildman–Crippen LogP) is 4.02. The molecule has 2 heterocycles. The third-order valence-corrected chi connectivity index (χ3v) is 6.05. The highest BCUT2D eigenvalue weighted by molar-refractivity contribution is 7.12. The Kier molecular flexibility index (Phi) is 4.01. The first-order valence-corrected chi connectivity index (χ1v) is 8.70. The first kappa shape index (κ1) is 13.3. The minimum absolute atomic E-state index is 0.113. The Labute approximate surface area is 122 Å². The third-order valence-electron chi connectivity index (χ3n) is 3.69. The lowest BCUT2D eigenvalue weighted by Gasteiger charge is -2.06. The van der Waals surface area contributed by atoms with Crippen LogP contribution in [0.3, 0.4) is 0 Å². The molecule has 3 rings (SSSR count). The summed E-state index contributed by atoms with van der Waals surface area (Å²) in [5.41, 5.74) is 9.03. The number of thiazole rings is 1. The van der Waals surface area contributed by atoms with E-state index in [0.717, 1.165) is 17.1 Å². The molecule has 102 valence electrons. The summed E-state index contributed by atoms with van der Waals surface area (Å²) in [6.07, 6.45) is 7.43. The van der Waals surface area contributed by atoms with E-state index in [-0.39, 0.29) is 6.04 Å². The van der Waals surface area contributed by atoms with Crippen molar-refractivity contribution in [2.24, 2.45) is 5.73 Å². The van der Waals surface area contributed by atoms with Crippen molar-refractivity contribution >= 4 is 22.7 Å². The van der Waals surface area contributed by atoms with Gasteiger partial charge in [-0.1, -0.05) is 6.42 Å². The summed E-state index contributed by atoms with van der Waals surface area (Å²) in [6, 6.07) is 2.47. The van der Waals surface area contributed by atoms with Crippen LogP contribution in [-0.2, 0) is 19.3 Å². The highest BCUT2D eigenvalue weighted by Gasteiger charge is 2.17. The average molecular weight is 292 g/mol. The van der Waals surface area contributed by atoms with E-state index < -0.39 is 0 Å². The monoisotopic (exact) mass is 292 g/mol. The van der Waals surface area contributed by atoms with E-state index >= 15 is 0 Å². The summed E-state index contributed by atoms with van der Waals surface area (Å²) >= 11 is 3.66. The zero-order valence-electron chi connectivity index (χ0n) is 11.3. The van der Waals surface area contributed by atoms with Crippen molar-refractivity contribution in [3.63, 3.8) is 0 Å². The standard InChI is InChI=1S/C15H20N2S2/c1-10-9-18-15(17-10)8-12(16)14-7-11-5-3-2-4-6-13(11)19-14/h7,9,12H,2-6,8,16H2,1H3. The topological polar surface area (TPSA) is 38.9 Å². The van der Waals surface area contributed by atoms with Gasteiger partial charge >= 0.3 is 0 Å². The van der Waals surface area contributed by atoms with Gasteiger partial charge in [0.2, 0.25) is 0 Å². The molecule has 1 atom stereocenters. The van der Waals surface area contributed by atoms with E-state index in [9.17, 15) is 0 Å². The second kappa shape index (κ2) is 5.73. The smallest absolute Gasteiger partial charge is 0.0947 e. The van der Waals surface area contributed by atoms with Crippen LogP contribution in [0.4, 0.5) is 0 Å². The fourth-order valence-electron chi connectivity index (χ4n) is 2.66. The molecule has 1 aliphatic rings. The van der Waals surface area contributed by atoms with E-state index in [1.54, 1.807) is 21.8 Å². The van der Waals surface area contributed by atoms with Gasteiger partial charge in [-0.15, -0.1) is 22.7 Å². The van der Waals surface area contributed by atoms with Crippen LogP contribution in [0.25, 0.3) is 0 Å². The first-order chi connectivity index (χ1) is 9.22. The summed E-state index contributed by atoms with van der Waals surface area (Å²) in [5.74, 6) is 0. The molecule has 0 saturated heterocycles. The second-order valence-corrected chi connectivity index (χ2v) is 7.46. The number of hydrogen-bond acceptors (Lipinski definition) is 4. The van der Waals surface area contributed by atoms with Gasteiger partial charge in [-0.2, -0.15) is 0 Å². The Morgan fingerprint density at radius 3 is 2.95 bits per heavy atom. The van der Waals surface area contributed by atoms with Crippen molar-refractivity contribution in [1.82, 2.24) is 4.98 Å². The van der Waals surface area contributed by atoms with Crippen molar-refractivity contribution in [3.05, 3.63) is 37.5 Å². The van der Waals surface area contributed by atoms with E-state index in [0.29, 0.717) is 0 Å². The molecular formula is C15H20N2S2. The van der Waals surface area contributed by atoms with E-state index in [1.807, 2.05) is 18.3 Å². The van der Waals surface area contributed by atoms with Gasteiger partial charge in [0.15, 0.2) is 0 Å². The van der Waals surface area contributed by atoms with Gasteiger partial charge in [0.05, 0.1) is 5.01 Å². The number of hydrogen-bond donors (Lipinski definition) is 1. The summed E-state index contributed by atoms with van der Waals surface area (Å²) in [5, 5.41) is 3.26. The lowest BCUT2D eigenvalue weighted by atomic mass is 10.1. The maximum absolute atomic E-state index is 6.36. The molecule has 2 aromatic rings. The fraction of sp³-hybridized carbons (Fsp3) is 0.533. The Morgan fingerprint density at radius 1 is 1.32 bits per heavy atom. The van der Waals surface area contributed by atoms with Gasteiger partial charge in [0.1, 0.15) is 0 Å². The number of aromatic nitrogens is 1. The largest absolute Gasteiger partial charge is 0.323 e. The minimum atomic E-state index is 0.113. The van der Waals surface area contributed by atoms with Crippen LogP contribution in [0.1, 0.15) is 51.3 Å². The molecule has 0 aliphatic heterocycles. The molecule has 0 bridgehead atoms. The number of rotatable bonds is 3. The molecule has 0 radical (unpaired) electrons. The molecule has 1 aliphatic carbocycles. The molecule has 0 saturated carbocycles. The normalized spacial score (nSPS) is 16.9. The van der Waals surface area contributed by atoms with Crippen molar-refractivity contribution in [3.8, 4) is 0 Å². The molecule has 2 nitrogen and oxygen atoms in total. The highest BCUT2D eigenvalue weighted by Crippen LogP contribution is 2.32. The molecule has 0 spiro atoms. The SMILES string of the molecule is Cc1csc(CC(N)c2cc3c(s2)CCCCC3)n1. The number of fused-ring (bicyclic) bond motifs is 1. The Hall–Kier alpha value is -0.710. The lowest BCUT2D eigenvalue weighted by Crippen LogP contribution is -2.11. The minimum Gasteiger partial charge on any atom is -0.323 e. The lowest BCUT2D eigenvalue weighted by molar-refractivity contribution is 0.708. The Morgan fingerprint density at radius 2 is 2.16 bits per heavy atom. The van der Waals surface area contributed by atoms with Crippen molar-refractivity contribution in [1.29, 1.82) is 0 Å². The van der Waals surface area contributed by atoms with Crippen LogP contribution in [0.5, 0.6) is 0 Å². The second-order valence-electron chi connectivity index (χ2n) is 5.35. The predicted molar refractivity (Wildman–Crippen MR) is 83.1 cm³/mol. The van der Waals surface area contributed by atoms with Crippen molar-refractivity contribution < 1.29 is 0 Å². The molecule has 0 amide bonds. The zero-order chi connectivity index (χ0) is 13.2. The molecule has 1 unspecified atom stereocenters. The van der Waals surface area contributed by atoms with Gasteiger partial charge in [0.25, 0.3) is 0 Å². The van der Waals surface area contributed by atoms with Crippen LogP contribution >= 0.6 is 22.7 Å². The maximum atomic E-state index is 6.36. The van der Waals surface area contributed by atoms with E-state index in [2.05, 4.69) is 16.4 Å². The summed E-state index contributed by atoms with van der Waals surface area (Å²) < 4.78 is 0. The molecule has 2 N–H and O–H groups in total. The van der Waals surface area contributed by atoms with Gasteiger partial charge in [0, 0.05) is 33.3 Å². The number of thiophene rings is 1. The zero-order valence-corrected chi connectivity index (χ0v) is 12.9. The Bertz CT molecular complexity index is 533. The van der Waals surface area contributed by atoms with Crippen molar-refractivity contribution in [2.45, 2.75) is 51.5 Å². The van der Waals surface area contributed by atoms with Crippen LogP contribution < -0.4 is 5.73 Å². The van der Waals surface area contributed by atoms with Crippen molar-refractivity contribution in [2.75, 3.05) is 0 Å². The molecule has 0 aromatic carbocycles. The summed E-state index contributed by atoms with van der Waals surface area (Å²) in [7, 11) is 0. The van der Waals surface area contributed by atoms with E-state index in [4.69, 9.17) is 5.73 Å². The Balaban J connectivity index is 1.74. The third kappa shape index (κ3) is 3.07. The van der Waals surface area contributed by atoms with Gasteiger partial charge in [-0.25, -0.2) is 4.98 Å². The molecular weight excluding hydrogens is 272 g/mol. The van der Waals surface area contributed by atoms with Gasteiger partial charge < -0.3 is 5.73 Å². The van der Waals surface area contributed by atoms with E-state index in [1.165, 1.54) is 37.0 Å². The van der Waals surface area contributed by atoms with Crippen LogP contribution in [0.15, 0.2) is 11.4 Å². The summed E-state index contributed by atoms with van der Waals surface area (Å²) in [6.45, 7) is 2.04. The van der Waals surface area contributed by atoms with Crippen LogP contribution in [0, 0.1) is 6.92 Å². The highest BCUT2D eigenvalue weighted by atomic mass is 32.1. The van der Waals surface area contributed by atoms with Crippen LogP contribution in [-0.4, -0.2) is 4.98 Å². The van der Waals surface area contributed by atoms with Gasteiger partial charge in [-0.3, -0.25) is 0 Å². The fourth-order valence-corrected chi connectivity index (χ4v) is 4.75. The number of nitrogens with two attached hydrogens (primary N) is 1. The quantitative estimate of drug-likeness (QED) is 0.868. The molecule has 2 aromatic heterocycles. The summed E-state index contributed by atoms with van der Waals surface area (Å²) in [4.78, 5) is 7.44. The maximum Gasteiger partial charge on any atom is 0.0947 e. The first-order valence-electron chi connectivity index (χ1n) is 7.00. The number of nitrogens with zero attached hydrogens (tertiary/aromatic N) is 1. The van der Waals surface area contributed by atoms with Gasteiger partial charge in [-0.05, 0) is 44.2 Å². The van der Waals surface area contributed by atoms with Crippen LogP contribution in [0.2, 0.25) is 0 Å². The molecule has 0 fully saturated rings. The average Bonchev–Trinajstić information content (AvgIpc) is 2.91. The number of aryl methyl sites for hydroxylation is 3. The molecule has 4 heteroatoms. The molecule has 19 heavy (non-hydrogen) atoms.